The molecule has 0 saturated carbocycles. The van der Waals surface area contributed by atoms with Gasteiger partial charge in [-0.2, -0.15) is 0 Å². The Balaban J connectivity index is 1.61. The third-order valence-corrected chi connectivity index (χ3v) is 3.28. The SMILES string of the molecule is NC1C=CC(C(=O)NCCN2CCOCC2)C1. The van der Waals surface area contributed by atoms with Gasteiger partial charge in [-0.3, -0.25) is 9.69 Å². The average molecular weight is 239 g/mol. The Kier molecular flexibility index (Phi) is 4.53. The first kappa shape index (κ1) is 12.5. The quantitative estimate of drug-likeness (QED) is 0.639. The molecular weight excluding hydrogens is 218 g/mol. The summed E-state index contributed by atoms with van der Waals surface area (Å²) in [6.45, 7) is 5.13. The standard InChI is InChI=1S/C12H21N3O2/c13-11-2-1-10(9-11)12(16)14-3-4-15-5-7-17-8-6-15/h1-2,10-11H,3-9,13H2,(H,14,16). The Bertz CT molecular complexity index is 287. The fourth-order valence-corrected chi connectivity index (χ4v) is 2.21. The second-order valence-corrected chi connectivity index (χ2v) is 4.64. The average Bonchev–Trinajstić information content (AvgIpc) is 2.77. The summed E-state index contributed by atoms with van der Waals surface area (Å²) in [5.41, 5.74) is 5.72. The summed E-state index contributed by atoms with van der Waals surface area (Å²) in [6.07, 6.45) is 4.56. The molecule has 0 aromatic rings. The molecule has 2 aliphatic rings. The first-order valence-corrected chi connectivity index (χ1v) is 6.27. The van der Waals surface area contributed by atoms with E-state index < -0.39 is 0 Å². The van der Waals surface area contributed by atoms with Crippen molar-refractivity contribution in [2.24, 2.45) is 11.7 Å². The number of nitrogens with two attached hydrogens (primary N) is 1. The van der Waals surface area contributed by atoms with Gasteiger partial charge >= 0.3 is 0 Å². The fourth-order valence-electron chi connectivity index (χ4n) is 2.21. The Labute approximate surface area is 102 Å². The van der Waals surface area contributed by atoms with E-state index in [9.17, 15) is 4.79 Å². The van der Waals surface area contributed by atoms with Crippen molar-refractivity contribution in [2.45, 2.75) is 12.5 Å². The maximum absolute atomic E-state index is 11.8. The zero-order chi connectivity index (χ0) is 12.1. The molecule has 1 amide bonds. The molecule has 1 aliphatic heterocycles. The largest absolute Gasteiger partial charge is 0.379 e. The molecule has 0 radical (unpaired) electrons. The molecule has 3 N–H and O–H groups in total. The smallest absolute Gasteiger partial charge is 0.227 e. The normalized spacial score (nSPS) is 29.5. The van der Waals surface area contributed by atoms with Crippen LogP contribution in [0.4, 0.5) is 0 Å². The third kappa shape index (κ3) is 3.80. The molecule has 1 saturated heterocycles. The van der Waals surface area contributed by atoms with Gasteiger partial charge in [0.25, 0.3) is 0 Å². The lowest BCUT2D eigenvalue weighted by molar-refractivity contribution is -0.123. The van der Waals surface area contributed by atoms with Crippen LogP contribution in [0.25, 0.3) is 0 Å². The number of morpholine rings is 1. The highest BCUT2D eigenvalue weighted by atomic mass is 16.5. The van der Waals surface area contributed by atoms with Gasteiger partial charge in [-0.05, 0) is 6.42 Å². The minimum absolute atomic E-state index is 0.0327. The third-order valence-electron chi connectivity index (χ3n) is 3.28. The monoisotopic (exact) mass is 239 g/mol. The number of hydrogen-bond donors (Lipinski definition) is 2. The summed E-state index contributed by atoms with van der Waals surface area (Å²) in [6, 6.07) is 0.0463. The summed E-state index contributed by atoms with van der Waals surface area (Å²) >= 11 is 0. The van der Waals surface area contributed by atoms with E-state index in [0.29, 0.717) is 6.54 Å². The lowest BCUT2D eigenvalue weighted by atomic mass is 10.1. The summed E-state index contributed by atoms with van der Waals surface area (Å²) in [5, 5.41) is 2.96. The van der Waals surface area contributed by atoms with Crippen molar-refractivity contribution in [3.05, 3.63) is 12.2 Å². The van der Waals surface area contributed by atoms with Crippen molar-refractivity contribution < 1.29 is 9.53 Å². The predicted octanol–water partition coefficient (Wildman–Crippen LogP) is -0.662. The van der Waals surface area contributed by atoms with E-state index in [0.717, 1.165) is 39.3 Å². The van der Waals surface area contributed by atoms with E-state index in [1.165, 1.54) is 0 Å². The van der Waals surface area contributed by atoms with Crippen LogP contribution in [0.2, 0.25) is 0 Å². The highest BCUT2D eigenvalue weighted by molar-refractivity contribution is 5.81. The molecule has 0 aromatic carbocycles. The predicted molar refractivity (Wildman–Crippen MR) is 65.5 cm³/mol. The van der Waals surface area contributed by atoms with Crippen molar-refractivity contribution >= 4 is 5.91 Å². The molecule has 0 bridgehead atoms. The molecule has 0 aromatic heterocycles. The highest BCUT2D eigenvalue weighted by Crippen LogP contribution is 2.15. The van der Waals surface area contributed by atoms with Crippen molar-refractivity contribution in [1.82, 2.24) is 10.2 Å². The summed E-state index contributed by atoms with van der Waals surface area (Å²) in [7, 11) is 0. The van der Waals surface area contributed by atoms with Crippen molar-refractivity contribution in [2.75, 3.05) is 39.4 Å². The second kappa shape index (κ2) is 6.14. The Morgan fingerprint density at radius 1 is 1.41 bits per heavy atom. The van der Waals surface area contributed by atoms with Crippen LogP contribution in [0.1, 0.15) is 6.42 Å². The molecule has 1 aliphatic carbocycles. The molecule has 5 heteroatoms. The fraction of sp³-hybridized carbons (Fsp3) is 0.750. The Morgan fingerprint density at radius 3 is 2.82 bits per heavy atom. The maximum atomic E-state index is 11.8. The number of hydrogen-bond acceptors (Lipinski definition) is 4. The number of rotatable bonds is 4. The lowest BCUT2D eigenvalue weighted by Gasteiger charge is -2.26. The highest BCUT2D eigenvalue weighted by Gasteiger charge is 2.22. The van der Waals surface area contributed by atoms with Crippen molar-refractivity contribution in [3.8, 4) is 0 Å². The lowest BCUT2D eigenvalue weighted by Crippen LogP contribution is -2.42. The van der Waals surface area contributed by atoms with Crippen molar-refractivity contribution in [1.29, 1.82) is 0 Å². The van der Waals surface area contributed by atoms with Crippen LogP contribution >= 0.6 is 0 Å². The molecule has 2 rings (SSSR count). The molecular formula is C12H21N3O2. The second-order valence-electron chi connectivity index (χ2n) is 4.64. The first-order chi connectivity index (χ1) is 8.25. The van der Waals surface area contributed by atoms with Gasteiger partial charge in [-0.1, -0.05) is 12.2 Å². The minimum atomic E-state index is -0.0327. The van der Waals surface area contributed by atoms with E-state index in [1.807, 2.05) is 12.2 Å². The van der Waals surface area contributed by atoms with Gasteiger partial charge in [0.1, 0.15) is 0 Å². The molecule has 96 valence electrons. The van der Waals surface area contributed by atoms with E-state index in [-0.39, 0.29) is 17.9 Å². The van der Waals surface area contributed by atoms with Gasteiger partial charge in [0.2, 0.25) is 5.91 Å². The van der Waals surface area contributed by atoms with Crippen LogP contribution in [-0.4, -0.2) is 56.2 Å². The number of carbonyl (C=O) groups is 1. The summed E-state index contributed by atoms with van der Waals surface area (Å²) < 4.78 is 5.27. The van der Waals surface area contributed by atoms with E-state index >= 15 is 0 Å². The Morgan fingerprint density at radius 2 is 2.18 bits per heavy atom. The van der Waals surface area contributed by atoms with Crippen LogP contribution in [0, 0.1) is 5.92 Å². The zero-order valence-corrected chi connectivity index (χ0v) is 10.1. The Hall–Kier alpha value is -0.910. The number of ether oxygens (including phenoxy) is 1. The van der Waals surface area contributed by atoms with E-state index in [1.54, 1.807) is 0 Å². The van der Waals surface area contributed by atoms with Crippen LogP contribution in [0.5, 0.6) is 0 Å². The van der Waals surface area contributed by atoms with Gasteiger partial charge in [-0.15, -0.1) is 0 Å². The van der Waals surface area contributed by atoms with Crippen LogP contribution in [0.3, 0.4) is 0 Å². The van der Waals surface area contributed by atoms with Gasteiger partial charge in [0.15, 0.2) is 0 Å². The molecule has 2 unspecified atom stereocenters. The van der Waals surface area contributed by atoms with Crippen molar-refractivity contribution in [3.63, 3.8) is 0 Å². The molecule has 17 heavy (non-hydrogen) atoms. The van der Waals surface area contributed by atoms with Crippen LogP contribution < -0.4 is 11.1 Å². The minimum Gasteiger partial charge on any atom is -0.379 e. The molecule has 2 atom stereocenters. The maximum Gasteiger partial charge on any atom is 0.227 e. The van der Waals surface area contributed by atoms with Gasteiger partial charge < -0.3 is 15.8 Å². The van der Waals surface area contributed by atoms with Gasteiger partial charge in [-0.25, -0.2) is 0 Å². The summed E-state index contributed by atoms with van der Waals surface area (Å²) in [5.74, 6) is 0.0668. The van der Waals surface area contributed by atoms with Gasteiger partial charge in [0, 0.05) is 32.2 Å². The summed E-state index contributed by atoms with van der Waals surface area (Å²) in [4.78, 5) is 14.1. The molecule has 1 heterocycles. The molecule has 5 nitrogen and oxygen atoms in total. The van der Waals surface area contributed by atoms with E-state index in [2.05, 4.69) is 10.2 Å². The van der Waals surface area contributed by atoms with Crippen LogP contribution in [0.15, 0.2) is 12.2 Å². The van der Waals surface area contributed by atoms with E-state index in [4.69, 9.17) is 10.5 Å². The number of carbonyl (C=O) groups excluding carboxylic acids is 1. The number of amides is 1. The zero-order valence-electron chi connectivity index (χ0n) is 10.1. The topological polar surface area (TPSA) is 67.6 Å². The molecule has 1 fully saturated rings. The number of nitrogens with one attached hydrogen (secondary N) is 1. The number of nitrogens with zero attached hydrogens (tertiary/aromatic N) is 1. The first-order valence-electron chi connectivity index (χ1n) is 6.27. The van der Waals surface area contributed by atoms with Gasteiger partial charge in [0.05, 0.1) is 19.1 Å². The van der Waals surface area contributed by atoms with Crippen LogP contribution in [-0.2, 0) is 9.53 Å². The molecule has 0 spiro atoms.